The van der Waals surface area contributed by atoms with Gasteiger partial charge in [0, 0.05) is 24.7 Å². The van der Waals surface area contributed by atoms with E-state index >= 15 is 0 Å². The van der Waals surface area contributed by atoms with E-state index < -0.39 is 0 Å². The number of rotatable bonds is 3. The lowest BCUT2D eigenvalue weighted by Crippen LogP contribution is -2.61. The Hall–Kier alpha value is -1.58. The second-order valence-corrected chi connectivity index (χ2v) is 15.9. The molecule has 4 heteroatoms. The highest BCUT2D eigenvalue weighted by Crippen LogP contribution is 2.74. The van der Waals surface area contributed by atoms with Crippen molar-refractivity contribution in [3.8, 4) is 0 Å². The fraction of sp³-hybridized carbons (Fsp3) is 0.824. The van der Waals surface area contributed by atoms with Gasteiger partial charge >= 0.3 is 11.9 Å². The van der Waals surface area contributed by atoms with Gasteiger partial charge < -0.3 is 9.47 Å². The molecule has 0 amide bonds. The molecule has 3 saturated carbocycles. The van der Waals surface area contributed by atoms with Gasteiger partial charge in [-0.05, 0) is 102 Å². The summed E-state index contributed by atoms with van der Waals surface area (Å²) in [7, 11) is 0. The average Bonchev–Trinajstić information content (AvgIpc) is 2.82. The number of fused-ring (bicyclic) bond motifs is 7. The van der Waals surface area contributed by atoms with E-state index in [1.165, 1.54) is 26.2 Å². The molecule has 5 rings (SSSR count). The van der Waals surface area contributed by atoms with Crippen LogP contribution in [-0.2, 0) is 19.1 Å². The first-order valence-electron chi connectivity index (χ1n) is 15.2. The minimum absolute atomic E-state index is 0.00871. The zero-order valence-electron chi connectivity index (χ0n) is 25.6. The van der Waals surface area contributed by atoms with Crippen molar-refractivity contribution in [1.82, 2.24) is 0 Å². The summed E-state index contributed by atoms with van der Waals surface area (Å²) in [5.41, 5.74) is 4.01. The minimum atomic E-state index is -0.161. The summed E-state index contributed by atoms with van der Waals surface area (Å²) in [6.45, 7) is 20.9. The van der Waals surface area contributed by atoms with Gasteiger partial charge in [0.25, 0.3) is 0 Å². The van der Waals surface area contributed by atoms with Gasteiger partial charge in [-0.25, -0.2) is 0 Å². The fourth-order valence-corrected chi connectivity index (χ4v) is 10.5. The van der Waals surface area contributed by atoms with Crippen molar-refractivity contribution in [2.45, 2.75) is 126 Å². The summed E-state index contributed by atoms with van der Waals surface area (Å²) < 4.78 is 11.5. The summed E-state index contributed by atoms with van der Waals surface area (Å²) in [5, 5.41) is 0. The van der Waals surface area contributed by atoms with Crippen molar-refractivity contribution >= 4 is 11.9 Å². The number of carbonyl (C=O) groups is 2. The van der Waals surface area contributed by atoms with Crippen LogP contribution in [0.5, 0.6) is 0 Å². The summed E-state index contributed by atoms with van der Waals surface area (Å²) in [6, 6.07) is 0. The van der Waals surface area contributed by atoms with Gasteiger partial charge in [0.1, 0.15) is 6.10 Å². The van der Waals surface area contributed by atoms with Gasteiger partial charge in [-0.3, -0.25) is 9.59 Å². The molecule has 0 aromatic heterocycles. The van der Waals surface area contributed by atoms with Crippen LogP contribution in [0.15, 0.2) is 23.3 Å². The highest BCUT2D eigenvalue weighted by atomic mass is 16.5. The molecule has 0 saturated heterocycles. The summed E-state index contributed by atoms with van der Waals surface area (Å²) in [5.74, 6) is 0.748. The summed E-state index contributed by atoms with van der Waals surface area (Å²) >= 11 is 0. The van der Waals surface area contributed by atoms with Crippen LogP contribution >= 0.6 is 0 Å². The number of allylic oxidation sites excluding steroid dienone is 4. The van der Waals surface area contributed by atoms with Crippen molar-refractivity contribution in [3.63, 3.8) is 0 Å². The molecule has 0 N–H and O–H groups in total. The van der Waals surface area contributed by atoms with Crippen LogP contribution in [0.25, 0.3) is 0 Å². The van der Waals surface area contributed by atoms with Gasteiger partial charge in [0.15, 0.2) is 0 Å². The van der Waals surface area contributed by atoms with Crippen molar-refractivity contribution in [1.29, 1.82) is 0 Å². The van der Waals surface area contributed by atoms with Crippen LogP contribution < -0.4 is 0 Å². The monoisotopic (exact) mass is 524 g/mol. The van der Waals surface area contributed by atoms with E-state index in [-0.39, 0.29) is 45.1 Å². The standard InChI is InChI=1S/C34H52O4/c1-22(35)37-21-30(5)16-17-31(6)18-19-33(8)25-10-11-26-29(3,4)28(38-23(2)36)13-14-32(26,7)24(25)12-15-34(33,9)27(31)20-30/h10,12,26-28H,11,13-21H2,1-9H3/t26-,27+,28-,30+,31+,32+,33+,34-/m0/s1. The zero-order valence-corrected chi connectivity index (χ0v) is 25.6. The largest absolute Gasteiger partial charge is 0.465 e. The third-order valence-electron chi connectivity index (χ3n) is 13.2. The molecule has 0 radical (unpaired) electrons. The third-order valence-corrected chi connectivity index (χ3v) is 13.2. The fourth-order valence-electron chi connectivity index (χ4n) is 10.5. The van der Waals surface area contributed by atoms with Crippen LogP contribution in [0.4, 0.5) is 0 Å². The minimum Gasteiger partial charge on any atom is -0.465 e. The Kier molecular flexibility index (Phi) is 6.41. The Labute approximate surface area is 231 Å². The van der Waals surface area contributed by atoms with Crippen molar-refractivity contribution < 1.29 is 19.1 Å². The van der Waals surface area contributed by atoms with Gasteiger partial charge in [-0.15, -0.1) is 0 Å². The normalized spacial score (nSPS) is 47.2. The first kappa shape index (κ1) is 28.0. The molecular weight excluding hydrogens is 472 g/mol. The van der Waals surface area contributed by atoms with E-state index in [9.17, 15) is 9.59 Å². The summed E-state index contributed by atoms with van der Waals surface area (Å²) in [4.78, 5) is 23.6. The van der Waals surface area contributed by atoms with Gasteiger partial charge in [0.2, 0.25) is 0 Å². The lowest BCUT2D eigenvalue weighted by atomic mass is 9.36. The second kappa shape index (κ2) is 8.71. The first-order valence-corrected chi connectivity index (χ1v) is 15.2. The molecule has 4 nitrogen and oxygen atoms in total. The maximum Gasteiger partial charge on any atom is 0.302 e. The van der Waals surface area contributed by atoms with Crippen molar-refractivity contribution in [2.24, 2.45) is 44.3 Å². The molecule has 0 unspecified atom stereocenters. The molecule has 3 fully saturated rings. The van der Waals surface area contributed by atoms with E-state index in [0.29, 0.717) is 23.9 Å². The SMILES string of the molecule is CC(=O)OC[C@]1(C)CC[C@]2(C)CC[C@]3(C)C4=CC[C@H]5C(C)(C)[C@@H](OC(C)=O)CC[C@]5(C)C4=CC[C@@]3(C)[C@@H]2C1. The molecule has 5 aliphatic rings. The first-order chi connectivity index (χ1) is 17.5. The molecule has 0 aromatic carbocycles. The Morgan fingerprint density at radius 3 is 2.18 bits per heavy atom. The molecule has 38 heavy (non-hydrogen) atoms. The summed E-state index contributed by atoms with van der Waals surface area (Å²) in [6.07, 6.45) is 15.5. The predicted octanol–water partition coefficient (Wildman–Crippen LogP) is 8.20. The number of carbonyl (C=O) groups excluding carboxylic acids is 2. The zero-order chi connectivity index (χ0) is 27.9. The van der Waals surface area contributed by atoms with Crippen molar-refractivity contribution in [2.75, 3.05) is 6.61 Å². The van der Waals surface area contributed by atoms with Crippen molar-refractivity contribution in [3.05, 3.63) is 23.3 Å². The number of hydrogen-bond acceptors (Lipinski definition) is 4. The second-order valence-electron chi connectivity index (χ2n) is 15.9. The Balaban J connectivity index is 1.51. The van der Waals surface area contributed by atoms with Gasteiger partial charge in [0.05, 0.1) is 6.61 Å². The van der Waals surface area contributed by atoms with Crippen LogP contribution in [0, 0.1) is 44.3 Å². The lowest BCUT2D eigenvalue weighted by molar-refractivity contribution is -0.169. The maximum atomic E-state index is 11.9. The number of esters is 2. The van der Waals surface area contributed by atoms with E-state index in [2.05, 4.69) is 60.6 Å². The number of ether oxygens (including phenoxy) is 2. The average molecular weight is 525 g/mol. The maximum absolute atomic E-state index is 11.9. The van der Waals surface area contributed by atoms with Crippen LogP contribution in [0.1, 0.15) is 120 Å². The molecule has 0 aromatic rings. The van der Waals surface area contributed by atoms with Crippen LogP contribution in [-0.4, -0.2) is 24.6 Å². The van der Waals surface area contributed by atoms with Crippen LogP contribution in [0.2, 0.25) is 0 Å². The topological polar surface area (TPSA) is 52.6 Å². The predicted molar refractivity (Wildman–Crippen MR) is 151 cm³/mol. The highest BCUT2D eigenvalue weighted by molar-refractivity contribution is 5.66. The molecular formula is C34H52O4. The van der Waals surface area contributed by atoms with E-state index in [1.807, 2.05) is 0 Å². The van der Waals surface area contributed by atoms with E-state index in [1.54, 1.807) is 18.1 Å². The molecule has 0 heterocycles. The highest BCUT2D eigenvalue weighted by Gasteiger charge is 2.66. The number of hydrogen-bond donors (Lipinski definition) is 0. The van der Waals surface area contributed by atoms with E-state index in [0.717, 1.165) is 38.5 Å². The molecule has 0 aliphatic heterocycles. The Morgan fingerprint density at radius 2 is 1.53 bits per heavy atom. The Morgan fingerprint density at radius 1 is 0.842 bits per heavy atom. The van der Waals surface area contributed by atoms with Gasteiger partial charge in [-0.2, -0.15) is 0 Å². The molecule has 212 valence electrons. The van der Waals surface area contributed by atoms with Crippen LogP contribution in [0.3, 0.4) is 0 Å². The van der Waals surface area contributed by atoms with Gasteiger partial charge in [-0.1, -0.05) is 60.6 Å². The quantitative estimate of drug-likeness (QED) is 0.349. The smallest absolute Gasteiger partial charge is 0.302 e. The third kappa shape index (κ3) is 3.89. The molecule has 0 bridgehead atoms. The molecule has 8 atom stereocenters. The molecule has 5 aliphatic carbocycles. The van der Waals surface area contributed by atoms with E-state index in [4.69, 9.17) is 9.47 Å². The Bertz CT molecular complexity index is 1080. The lowest BCUT2D eigenvalue weighted by Gasteiger charge is -2.69. The molecule has 0 spiro atoms.